The summed E-state index contributed by atoms with van der Waals surface area (Å²) in [6, 6.07) is 4.05. The smallest absolute Gasteiger partial charge is 0.348 e. The Kier molecular flexibility index (Phi) is 5.14. The minimum Gasteiger partial charge on any atom is -0.348 e. The third kappa shape index (κ3) is 4.11. The molecule has 0 amide bonds. The lowest BCUT2D eigenvalue weighted by atomic mass is 9.95. The maximum absolute atomic E-state index is 13.9. The lowest BCUT2D eigenvalue weighted by Gasteiger charge is -2.22. The summed E-state index contributed by atoms with van der Waals surface area (Å²) in [6.45, 7) is 5.40. The maximum atomic E-state index is 13.9. The van der Waals surface area contributed by atoms with Crippen molar-refractivity contribution in [1.29, 1.82) is 0 Å². The van der Waals surface area contributed by atoms with E-state index in [4.69, 9.17) is 11.6 Å². The van der Waals surface area contributed by atoms with E-state index in [1.54, 1.807) is 0 Å². The molecule has 0 aliphatic carbocycles. The standard InChI is InChI=1S/C22H21ClF5N7/c1-19(2,3)18-30-16(34-7-6-20(24,25)11-34)15-17(31-18)35(33-32-15)9-12-4-5-13(8-14(12)23)21(10-29-21)22(26,27)28/h4-5,8,10H,6-7,9,11H2,1-3H3. The van der Waals surface area contributed by atoms with Crippen LogP contribution in [0.1, 0.15) is 44.1 Å². The van der Waals surface area contributed by atoms with Gasteiger partial charge in [-0.2, -0.15) is 13.2 Å². The lowest BCUT2D eigenvalue weighted by molar-refractivity contribution is -0.156. The quantitative estimate of drug-likeness (QED) is 0.464. The second-order valence-corrected chi connectivity index (χ2v) is 10.3. The predicted molar refractivity (Wildman–Crippen MR) is 120 cm³/mol. The third-order valence-electron chi connectivity index (χ3n) is 6.12. The first-order chi connectivity index (χ1) is 16.2. The molecule has 2 aliphatic heterocycles. The lowest BCUT2D eigenvalue weighted by Crippen LogP contribution is -2.32. The van der Waals surface area contributed by atoms with Crippen molar-refractivity contribution in [3.05, 3.63) is 40.2 Å². The Balaban J connectivity index is 1.53. The molecule has 2 aromatic heterocycles. The fourth-order valence-electron chi connectivity index (χ4n) is 4.02. The second kappa shape index (κ2) is 7.55. The molecule has 0 spiro atoms. The number of rotatable bonds is 4. The van der Waals surface area contributed by atoms with Crippen LogP contribution < -0.4 is 4.90 Å². The summed E-state index contributed by atoms with van der Waals surface area (Å²) >= 11 is 6.34. The number of hydrogen-bond acceptors (Lipinski definition) is 6. The highest BCUT2D eigenvalue weighted by Crippen LogP contribution is 2.48. The minimum absolute atomic E-state index is 0.0612. The number of hydrogen-bond donors (Lipinski definition) is 0. The zero-order valence-corrected chi connectivity index (χ0v) is 19.8. The van der Waals surface area contributed by atoms with E-state index < -0.39 is 29.6 Å². The highest BCUT2D eigenvalue weighted by molar-refractivity contribution is 6.31. The Morgan fingerprint density at radius 1 is 1.11 bits per heavy atom. The fourth-order valence-corrected chi connectivity index (χ4v) is 4.26. The number of nitrogens with zero attached hydrogens (tertiary/aromatic N) is 7. The van der Waals surface area contributed by atoms with Crippen molar-refractivity contribution in [3.8, 4) is 0 Å². The van der Waals surface area contributed by atoms with Crippen LogP contribution in [0.5, 0.6) is 0 Å². The molecule has 1 unspecified atom stereocenters. The molecule has 3 aromatic rings. The molecule has 5 rings (SSSR count). The van der Waals surface area contributed by atoms with Gasteiger partial charge in [0.1, 0.15) is 5.82 Å². The zero-order chi connectivity index (χ0) is 25.4. The molecular formula is C22H21ClF5N7. The van der Waals surface area contributed by atoms with Crippen LogP contribution in [-0.4, -0.2) is 56.4 Å². The van der Waals surface area contributed by atoms with Crippen molar-refractivity contribution in [2.75, 3.05) is 18.0 Å². The highest BCUT2D eigenvalue weighted by Gasteiger charge is 2.61. The Bertz CT molecular complexity index is 1340. The SMILES string of the molecule is CC(C)(C)c1nc(N2CCC(F)(F)C2)c2nnn(Cc3ccc(C4(C(F)(F)F)C=N4)cc3Cl)c2n1. The van der Waals surface area contributed by atoms with Gasteiger partial charge in [-0.25, -0.2) is 23.4 Å². The number of halogens is 6. The van der Waals surface area contributed by atoms with E-state index in [0.29, 0.717) is 17.0 Å². The Labute approximate surface area is 202 Å². The van der Waals surface area contributed by atoms with Gasteiger partial charge >= 0.3 is 6.18 Å². The molecule has 1 fully saturated rings. The third-order valence-corrected chi connectivity index (χ3v) is 6.47. The van der Waals surface area contributed by atoms with Gasteiger partial charge in [-0.1, -0.05) is 49.7 Å². The monoisotopic (exact) mass is 513 g/mol. The van der Waals surface area contributed by atoms with Crippen molar-refractivity contribution in [3.63, 3.8) is 0 Å². The first kappa shape index (κ1) is 23.8. The first-order valence-electron chi connectivity index (χ1n) is 10.9. The number of fused-ring (bicyclic) bond motifs is 1. The van der Waals surface area contributed by atoms with Crippen LogP contribution in [-0.2, 0) is 17.5 Å². The molecule has 2 aliphatic rings. The number of anilines is 1. The normalized spacial score (nSPS) is 21.8. The van der Waals surface area contributed by atoms with Gasteiger partial charge < -0.3 is 4.90 Å². The average molecular weight is 514 g/mol. The topological polar surface area (TPSA) is 72.1 Å². The summed E-state index contributed by atoms with van der Waals surface area (Å²) in [5, 5.41) is 8.39. The molecule has 4 heterocycles. The molecule has 0 bridgehead atoms. The van der Waals surface area contributed by atoms with E-state index in [0.717, 1.165) is 6.21 Å². The molecule has 7 nitrogen and oxygen atoms in total. The first-order valence-corrected chi connectivity index (χ1v) is 11.2. The van der Waals surface area contributed by atoms with Crippen LogP contribution in [0.25, 0.3) is 11.2 Å². The van der Waals surface area contributed by atoms with Gasteiger partial charge in [-0.15, -0.1) is 5.10 Å². The van der Waals surface area contributed by atoms with Crippen molar-refractivity contribution < 1.29 is 22.0 Å². The van der Waals surface area contributed by atoms with Gasteiger partial charge in [0.05, 0.1) is 13.1 Å². The second-order valence-electron chi connectivity index (χ2n) is 9.90. The van der Waals surface area contributed by atoms with Gasteiger partial charge in [0.2, 0.25) is 5.54 Å². The average Bonchev–Trinajstić information content (AvgIpc) is 3.37. The number of aromatic nitrogens is 5. The van der Waals surface area contributed by atoms with Crippen molar-refractivity contribution >= 4 is 34.8 Å². The molecule has 0 saturated carbocycles. The van der Waals surface area contributed by atoms with Crippen LogP contribution in [0.2, 0.25) is 5.02 Å². The van der Waals surface area contributed by atoms with E-state index in [1.807, 2.05) is 20.8 Å². The summed E-state index contributed by atoms with van der Waals surface area (Å²) in [6.07, 6.45) is -4.00. The maximum Gasteiger partial charge on any atom is 0.422 e. The molecule has 186 valence electrons. The molecule has 0 radical (unpaired) electrons. The molecule has 1 atom stereocenters. The highest BCUT2D eigenvalue weighted by atomic mass is 35.5. The largest absolute Gasteiger partial charge is 0.422 e. The van der Waals surface area contributed by atoms with Crippen LogP contribution in [0, 0.1) is 0 Å². The minimum atomic E-state index is -4.55. The molecule has 0 N–H and O–H groups in total. The Morgan fingerprint density at radius 3 is 2.37 bits per heavy atom. The summed E-state index contributed by atoms with van der Waals surface area (Å²) in [5.74, 6) is -2.12. The van der Waals surface area contributed by atoms with Crippen LogP contribution in [0.15, 0.2) is 23.2 Å². The van der Waals surface area contributed by atoms with Crippen molar-refractivity contribution in [2.24, 2.45) is 4.99 Å². The van der Waals surface area contributed by atoms with Gasteiger partial charge in [-0.05, 0) is 17.2 Å². The van der Waals surface area contributed by atoms with Crippen LogP contribution >= 0.6 is 11.6 Å². The summed E-state index contributed by atoms with van der Waals surface area (Å²) in [4.78, 5) is 14.1. The van der Waals surface area contributed by atoms with Gasteiger partial charge in [0, 0.05) is 29.6 Å². The molecular weight excluding hydrogens is 493 g/mol. The number of aliphatic imine (C=N–C) groups is 1. The van der Waals surface area contributed by atoms with Crippen LogP contribution in [0.3, 0.4) is 0 Å². The number of benzene rings is 1. The van der Waals surface area contributed by atoms with E-state index in [-0.39, 0.29) is 41.4 Å². The van der Waals surface area contributed by atoms with Crippen molar-refractivity contribution in [1.82, 2.24) is 25.0 Å². The zero-order valence-electron chi connectivity index (χ0n) is 19.0. The fraction of sp³-hybridized carbons (Fsp3) is 0.500. The molecule has 13 heteroatoms. The summed E-state index contributed by atoms with van der Waals surface area (Å²) in [7, 11) is 0. The van der Waals surface area contributed by atoms with E-state index in [2.05, 4.69) is 25.3 Å². The molecule has 35 heavy (non-hydrogen) atoms. The van der Waals surface area contributed by atoms with E-state index >= 15 is 0 Å². The van der Waals surface area contributed by atoms with Gasteiger partial charge in [0.15, 0.2) is 17.0 Å². The molecule has 1 aromatic carbocycles. The number of alkyl halides is 5. The van der Waals surface area contributed by atoms with E-state index in [9.17, 15) is 22.0 Å². The van der Waals surface area contributed by atoms with Gasteiger partial charge in [0.25, 0.3) is 5.92 Å². The van der Waals surface area contributed by atoms with Gasteiger partial charge in [-0.3, -0.25) is 4.99 Å². The predicted octanol–water partition coefficient (Wildman–Crippen LogP) is 4.91. The van der Waals surface area contributed by atoms with Crippen molar-refractivity contribution in [2.45, 2.75) is 56.8 Å². The van der Waals surface area contributed by atoms with E-state index in [1.165, 1.54) is 27.8 Å². The molecule has 1 saturated heterocycles. The Hall–Kier alpha value is -2.89. The Morgan fingerprint density at radius 2 is 1.83 bits per heavy atom. The summed E-state index contributed by atoms with van der Waals surface area (Å²) in [5.41, 5.74) is -1.80. The van der Waals surface area contributed by atoms with Crippen LogP contribution in [0.4, 0.5) is 27.8 Å². The summed E-state index contributed by atoms with van der Waals surface area (Å²) < 4.78 is 69.5.